The van der Waals surface area contributed by atoms with E-state index in [4.69, 9.17) is 18.9 Å². The number of hydrogen-bond acceptors (Lipinski definition) is 6. The lowest BCUT2D eigenvalue weighted by atomic mass is 9.52. The second-order valence-corrected chi connectivity index (χ2v) is 10.3. The molecule has 0 aromatic heterocycles. The van der Waals surface area contributed by atoms with Crippen LogP contribution in [0, 0.1) is 18.8 Å². The van der Waals surface area contributed by atoms with Crippen molar-refractivity contribution in [3.05, 3.63) is 108 Å². The van der Waals surface area contributed by atoms with Gasteiger partial charge in [0.05, 0.1) is 18.9 Å². The van der Waals surface area contributed by atoms with Crippen LogP contribution in [0.15, 0.2) is 91.0 Å². The zero-order valence-corrected chi connectivity index (χ0v) is 22.8. The average Bonchev–Trinajstić information content (AvgIpc) is 2.97. The van der Waals surface area contributed by atoms with Gasteiger partial charge < -0.3 is 24.1 Å². The number of aryl methyl sites for hydroxylation is 1. The van der Waals surface area contributed by atoms with Crippen molar-refractivity contribution in [2.45, 2.75) is 18.8 Å². The molecule has 0 bridgehead atoms. The monoisotopic (exact) mass is 550 g/mol. The molecule has 1 aliphatic heterocycles. The van der Waals surface area contributed by atoms with Crippen LogP contribution in [0.5, 0.6) is 23.0 Å². The van der Waals surface area contributed by atoms with Gasteiger partial charge in [-0.1, -0.05) is 60.7 Å². The molecule has 1 heterocycles. The third kappa shape index (κ3) is 4.88. The zero-order chi connectivity index (χ0) is 28.5. The van der Waals surface area contributed by atoms with Crippen molar-refractivity contribution < 1.29 is 33.6 Å². The Bertz CT molecular complexity index is 1610. The molecule has 0 unspecified atom stereocenters. The maximum atomic E-state index is 14.0. The first-order valence-corrected chi connectivity index (χ1v) is 13.6. The predicted molar refractivity (Wildman–Crippen MR) is 153 cm³/mol. The highest BCUT2D eigenvalue weighted by molar-refractivity contribution is 5.86. The van der Waals surface area contributed by atoms with Crippen LogP contribution < -0.4 is 18.9 Å². The topological polar surface area (TPSA) is 91.3 Å². The minimum absolute atomic E-state index is 0.378. The van der Waals surface area contributed by atoms with Crippen molar-refractivity contribution in [3.63, 3.8) is 0 Å². The SMILES string of the molecule is COc1ccccc1[C@@H]1[C@H](C(=O)Oc2cccc(-c3ccc4c(c3)OCCO4)c2)[C@@H](c2ccccc2C)[C@@H]1C(=O)O. The summed E-state index contributed by atoms with van der Waals surface area (Å²) in [6.45, 7) is 2.94. The van der Waals surface area contributed by atoms with Crippen LogP contribution in [-0.2, 0) is 9.59 Å². The van der Waals surface area contributed by atoms with E-state index >= 15 is 0 Å². The molecule has 208 valence electrons. The van der Waals surface area contributed by atoms with Crippen molar-refractivity contribution in [1.29, 1.82) is 0 Å². The van der Waals surface area contributed by atoms with Crippen LogP contribution in [-0.4, -0.2) is 37.4 Å². The van der Waals surface area contributed by atoms with Gasteiger partial charge in [-0.25, -0.2) is 0 Å². The number of esters is 1. The quantitative estimate of drug-likeness (QED) is 0.215. The highest BCUT2D eigenvalue weighted by atomic mass is 16.6. The van der Waals surface area contributed by atoms with E-state index in [-0.39, 0.29) is 0 Å². The van der Waals surface area contributed by atoms with Crippen LogP contribution in [0.25, 0.3) is 11.1 Å². The molecular formula is C34H30O7. The fourth-order valence-electron chi connectivity index (χ4n) is 6.17. The number of carbonyl (C=O) groups is 2. The van der Waals surface area contributed by atoms with Gasteiger partial charge in [0.1, 0.15) is 24.7 Å². The number of fused-ring (bicyclic) bond motifs is 1. The van der Waals surface area contributed by atoms with E-state index < -0.39 is 35.6 Å². The number of para-hydroxylation sites is 1. The van der Waals surface area contributed by atoms with Crippen molar-refractivity contribution in [2.24, 2.45) is 11.8 Å². The zero-order valence-electron chi connectivity index (χ0n) is 22.8. The molecule has 0 radical (unpaired) electrons. The molecule has 0 amide bonds. The van der Waals surface area contributed by atoms with E-state index in [1.54, 1.807) is 25.3 Å². The van der Waals surface area contributed by atoms with E-state index in [1.165, 1.54) is 0 Å². The van der Waals surface area contributed by atoms with Gasteiger partial charge in [0.15, 0.2) is 11.5 Å². The first kappa shape index (κ1) is 26.4. The summed E-state index contributed by atoms with van der Waals surface area (Å²) < 4.78 is 23.0. The third-order valence-electron chi connectivity index (χ3n) is 8.08. The van der Waals surface area contributed by atoms with Gasteiger partial charge >= 0.3 is 11.9 Å². The van der Waals surface area contributed by atoms with Crippen molar-refractivity contribution >= 4 is 11.9 Å². The lowest BCUT2D eigenvalue weighted by Crippen LogP contribution is -2.52. The molecule has 0 saturated heterocycles. The van der Waals surface area contributed by atoms with Crippen LogP contribution in [0.2, 0.25) is 0 Å². The number of carboxylic acid groups (broad SMARTS) is 1. The Labute approximate surface area is 238 Å². The summed E-state index contributed by atoms with van der Waals surface area (Å²) in [5.41, 5.74) is 4.19. The Morgan fingerprint density at radius 3 is 2.20 bits per heavy atom. The Morgan fingerprint density at radius 1 is 0.756 bits per heavy atom. The second kappa shape index (κ2) is 11.0. The highest BCUT2D eigenvalue weighted by Gasteiger charge is 2.60. The number of benzene rings is 4. The summed E-state index contributed by atoms with van der Waals surface area (Å²) in [7, 11) is 1.54. The first-order valence-electron chi connectivity index (χ1n) is 13.6. The van der Waals surface area contributed by atoms with Crippen molar-refractivity contribution in [1.82, 2.24) is 0 Å². The van der Waals surface area contributed by atoms with Crippen LogP contribution >= 0.6 is 0 Å². The molecule has 7 heteroatoms. The average molecular weight is 551 g/mol. The first-order chi connectivity index (χ1) is 20.0. The minimum Gasteiger partial charge on any atom is -0.496 e. The molecule has 1 N–H and O–H groups in total. The van der Waals surface area contributed by atoms with E-state index in [0.29, 0.717) is 41.8 Å². The summed E-state index contributed by atoms with van der Waals surface area (Å²) in [6.07, 6.45) is 0. The van der Waals surface area contributed by atoms with E-state index in [2.05, 4.69) is 0 Å². The van der Waals surface area contributed by atoms with E-state index in [1.807, 2.05) is 79.7 Å². The summed E-state index contributed by atoms with van der Waals surface area (Å²) in [5.74, 6) is -1.88. The molecule has 4 aromatic rings. The summed E-state index contributed by atoms with van der Waals surface area (Å²) >= 11 is 0. The number of carboxylic acids is 1. The number of methoxy groups -OCH3 is 1. The molecule has 7 nitrogen and oxygen atoms in total. The molecule has 0 spiro atoms. The molecule has 2 aliphatic rings. The second-order valence-electron chi connectivity index (χ2n) is 10.3. The van der Waals surface area contributed by atoms with Gasteiger partial charge in [0.25, 0.3) is 0 Å². The molecule has 1 fully saturated rings. The number of carbonyl (C=O) groups excluding carboxylic acids is 1. The van der Waals surface area contributed by atoms with Gasteiger partial charge in [0, 0.05) is 11.8 Å². The van der Waals surface area contributed by atoms with Crippen LogP contribution in [0.4, 0.5) is 0 Å². The summed E-state index contributed by atoms with van der Waals surface area (Å²) in [5, 5.41) is 10.4. The van der Waals surface area contributed by atoms with Gasteiger partial charge in [-0.15, -0.1) is 0 Å². The minimum atomic E-state index is -0.959. The summed E-state index contributed by atoms with van der Waals surface area (Å²) in [6, 6.07) is 27.9. The van der Waals surface area contributed by atoms with E-state index in [0.717, 1.165) is 22.3 Å². The number of rotatable bonds is 7. The molecular weight excluding hydrogens is 520 g/mol. The van der Waals surface area contributed by atoms with Gasteiger partial charge in [-0.3, -0.25) is 9.59 Å². The fourth-order valence-corrected chi connectivity index (χ4v) is 6.17. The maximum absolute atomic E-state index is 14.0. The van der Waals surface area contributed by atoms with E-state index in [9.17, 15) is 14.7 Å². The Morgan fingerprint density at radius 2 is 1.44 bits per heavy atom. The fraction of sp³-hybridized carbons (Fsp3) is 0.235. The van der Waals surface area contributed by atoms with Crippen molar-refractivity contribution in [3.8, 4) is 34.1 Å². The lowest BCUT2D eigenvalue weighted by molar-refractivity contribution is -0.158. The molecule has 6 rings (SSSR count). The normalized spacial score (nSPS) is 20.9. The molecule has 1 saturated carbocycles. The third-order valence-corrected chi connectivity index (χ3v) is 8.08. The Hall–Kier alpha value is -4.78. The largest absolute Gasteiger partial charge is 0.496 e. The maximum Gasteiger partial charge on any atom is 0.315 e. The lowest BCUT2D eigenvalue weighted by Gasteiger charge is -2.49. The standard InChI is InChI=1S/C34H30O7/c1-20-8-3-4-11-24(20)29-31(33(35)36)30(25-12-5-6-13-26(25)38-2)32(29)34(37)41-23-10-7-9-21(18-23)22-14-15-27-28(19-22)40-17-16-39-27/h3-15,18-19,29-32H,16-17H2,1-2H3,(H,35,36)/t29-,30-,31-,32+/m0/s1. The van der Waals surface area contributed by atoms with Crippen molar-refractivity contribution in [2.75, 3.05) is 20.3 Å². The predicted octanol–water partition coefficient (Wildman–Crippen LogP) is 6.25. The van der Waals surface area contributed by atoms with Gasteiger partial charge in [-0.05, 0) is 65.1 Å². The Balaban J connectivity index is 1.35. The number of aliphatic carboxylic acids is 1. The summed E-state index contributed by atoms with van der Waals surface area (Å²) in [4.78, 5) is 26.7. The van der Waals surface area contributed by atoms with Crippen LogP contribution in [0.3, 0.4) is 0 Å². The number of ether oxygens (including phenoxy) is 4. The number of hydrogen-bond donors (Lipinski definition) is 1. The highest BCUT2D eigenvalue weighted by Crippen LogP contribution is 2.60. The van der Waals surface area contributed by atoms with Crippen LogP contribution in [0.1, 0.15) is 28.5 Å². The molecule has 1 aliphatic carbocycles. The Kier molecular flexibility index (Phi) is 7.10. The van der Waals surface area contributed by atoms with Gasteiger partial charge in [0.2, 0.25) is 0 Å². The molecule has 41 heavy (non-hydrogen) atoms. The van der Waals surface area contributed by atoms with Gasteiger partial charge in [-0.2, -0.15) is 0 Å². The molecule has 4 atom stereocenters. The smallest absolute Gasteiger partial charge is 0.315 e. The molecule has 4 aromatic carbocycles.